The maximum absolute atomic E-state index is 12.8. The number of fused-ring (bicyclic) bond motifs is 5. The highest BCUT2D eigenvalue weighted by atomic mass is 16.6. The second-order valence-electron chi connectivity index (χ2n) is 9.26. The minimum atomic E-state index is -1.12. The zero-order valence-electron chi connectivity index (χ0n) is 20.2. The summed E-state index contributed by atoms with van der Waals surface area (Å²) in [7, 11) is 1.19. The van der Waals surface area contributed by atoms with Crippen molar-refractivity contribution < 1.29 is 47.3 Å². The van der Waals surface area contributed by atoms with E-state index in [1.165, 1.54) is 21.0 Å². The maximum atomic E-state index is 12.8. The number of carbonyl (C=O) groups is 4. The van der Waals surface area contributed by atoms with Crippen LogP contribution in [0.4, 0.5) is 0 Å². The number of epoxide rings is 1. The van der Waals surface area contributed by atoms with Crippen molar-refractivity contribution in [1.29, 1.82) is 0 Å². The maximum Gasteiger partial charge on any atom is 0.338 e. The summed E-state index contributed by atoms with van der Waals surface area (Å²) < 4.78 is 33.6. The molecular weight excluding hydrogens is 460 g/mol. The highest BCUT2D eigenvalue weighted by Crippen LogP contribution is 2.55. The Bertz CT molecular complexity index is 1130. The first kappa shape index (κ1) is 24.7. The van der Waals surface area contributed by atoms with Gasteiger partial charge in [0, 0.05) is 38.2 Å². The first-order valence-corrected chi connectivity index (χ1v) is 11.3. The normalized spacial score (nSPS) is 31.4. The van der Waals surface area contributed by atoms with Crippen LogP contribution in [-0.2, 0) is 42.9 Å². The van der Waals surface area contributed by atoms with Gasteiger partial charge in [0.1, 0.15) is 35.4 Å². The largest absolute Gasteiger partial charge is 0.466 e. The van der Waals surface area contributed by atoms with E-state index in [2.05, 4.69) is 6.58 Å². The molecule has 1 aromatic heterocycles. The SMILES string of the molecule is C=C(C(=O)OC)[C@@H]1C[C@@H](OC(C)=O)C2=C[C@@H](C[C@@]3(C)O[C@@H]3c3cc(C)c(o3)[C@H]1OC(C)=O)OC2=O. The Balaban J connectivity index is 1.88. The number of esters is 4. The van der Waals surface area contributed by atoms with Gasteiger partial charge in [-0.15, -0.1) is 0 Å². The minimum Gasteiger partial charge on any atom is -0.466 e. The van der Waals surface area contributed by atoms with Crippen molar-refractivity contribution in [3.8, 4) is 0 Å². The van der Waals surface area contributed by atoms with E-state index in [1.54, 1.807) is 19.1 Å². The smallest absolute Gasteiger partial charge is 0.338 e. The summed E-state index contributed by atoms with van der Waals surface area (Å²) in [6.45, 7) is 9.96. The van der Waals surface area contributed by atoms with Crippen LogP contribution in [0.15, 0.2) is 34.3 Å². The molecule has 0 spiro atoms. The molecule has 0 radical (unpaired) electrons. The molecule has 188 valence electrons. The molecule has 10 heteroatoms. The second-order valence-corrected chi connectivity index (χ2v) is 9.26. The first-order chi connectivity index (χ1) is 16.4. The van der Waals surface area contributed by atoms with Crippen molar-refractivity contribution in [2.24, 2.45) is 5.92 Å². The average molecular weight is 488 g/mol. The van der Waals surface area contributed by atoms with Crippen molar-refractivity contribution in [3.05, 3.63) is 47.0 Å². The van der Waals surface area contributed by atoms with Gasteiger partial charge in [0.25, 0.3) is 0 Å². The second kappa shape index (κ2) is 8.99. The molecule has 3 aliphatic heterocycles. The van der Waals surface area contributed by atoms with Crippen LogP contribution < -0.4 is 0 Å². The summed E-state index contributed by atoms with van der Waals surface area (Å²) in [6.07, 6.45) is -1.38. The Morgan fingerprint density at radius 1 is 1.17 bits per heavy atom. The summed E-state index contributed by atoms with van der Waals surface area (Å²) in [5.41, 5.74) is 0.0991. The summed E-state index contributed by atoms with van der Waals surface area (Å²) in [5.74, 6) is -2.81. The van der Waals surface area contributed by atoms with Crippen LogP contribution >= 0.6 is 0 Å². The van der Waals surface area contributed by atoms with Crippen LogP contribution in [0.5, 0.6) is 0 Å². The third-order valence-electron chi connectivity index (χ3n) is 6.52. The van der Waals surface area contributed by atoms with Crippen molar-refractivity contribution in [1.82, 2.24) is 0 Å². The van der Waals surface area contributed by atoms with Crippen molar-refractivity contribution >= 4 is 23.9 Å². The Labute approximate surface area is 202 Å². The summed E-state index contributed by atoms with van der Waals surface area (Å²) in [5, 5.41) is 0. The number of ether oxygens (including phenoxy) is 5. The molecule has 0 unspecified atom stereocenters. The van der Waals surface area contributed by atoms with Crippen molar-refractivity contribution in [3.63, 3.8) is 0 Å². The molecule has 0 N–H and O–H groups in total. The van der Waals surface area contributed by atoms with Gasteiger partial charge in [-0.3, -0.25) is 9.59 Å². The van der Waals surface area contributed by atoms with Gasteiger partial charge >= 0.3 is 23.9 Å². The molecule has 3 aliphatic rings. The molecule has 0 aliphatic carbocycles. The third kappa shape index (κ3) is 4.75. The number of hydrogen-bond donors (Lipinski definition) is 0. The molecule has 0 amide bonds. The molecule has 4 bridgehead atoms. The van der Waals surface area contributed by atoms with E-state index in [-0.39, 0.29) is 17.6 Å². The lowest BCUT2D eigenvalue weighted by Gasteiger charge is -2.29. The van der Waals surface area contributed by atoms with E-state index < -0.39 is 59.8 Å². The van der Waals surface area contributed by atoms with E-state index in [0.717, 1.165) is 0 Å². The van der Waals surface area contributed by atoms with Crippen LogP contribution in [0.1, 0.15) is 62.9 Å². The summed E-state index contributed by atoms with van der Waals surface area (Å²) in [6, 6.07) is 1.79. The van der Waals surface area contributed by atoms with Gasteiger partial charge in [-0.1, -0.05) is 6.58 Å². The van der Waals surface area contributed by atoms with Crippen LogP contribution in [0.3, 0.4) is 0 Å². The number of aryl methyl sites for hydroxylation is 1. The fourth-order valence-corrected chi connectivity index (χ4v) is 4.83. The first-order valence-electron chi connectivity index (χ1n) is 11.3. The number of furan rings is 1. The molecule has 6 atom stereocenters. The van der Waals surface area contributed by atoms with Gasteiger partial charge in [-0.05, 0) is 31.6 Å². The van der Waals surface area contributed by atoms with E-state index in [4.69, 9.17) is 28.1 Å². The fraction of sp³-hybridized carbons (Fsp3) is 0.520. The predicted molar refractivity (Wildman–Crippen MR) is 118 cm³/mol. The molecule has 4 rings (SSSR count). The van der Waals surface area contributed by atoms with Crippen molar-refractivity contribution in [2.75, 3.05) is 7.11 Å². The van der Waals surface area contributed by atoms with Gasteiger partial charge < -0.3 is 28.1 Å². The summed E-state index contributed by atoms with van der Waals surface area (Å²) in [4.78, 5) is 49.4. The average Bonchev–Trinajstić information content (AvgIpc) is 3.08. The zero-order chi connectivity index (χ0) is 25.7. The topological polar surface area (TPSA) is 131 Å². The lowest BCUT2D eigenvalue weighted by molar-refractivity contribution is -0.155. The van der Waals surface area contributed by atoms with Gasteiger partial charge in [0.15, 0.2) is 6.10 Å². The molecule has 10 nitrogen and oxygen atoms in total. The Morgan fingerprint density at radius 2 is 1.86 bits per heavy atom. The Morgan fingerprint density at radius 3 is 2.49 bits per heavy atom. The minimum absolute atomic E-state index is 0.0425. The molecule has 0 aromatic carbocycles. The number of methoxy groups -OCH3 is 1. The fourth-order valence-electron chi connectivity index (χ4n) is 4.83. The van der Waals surface area contributed by atoms with Crippen LogP contribution in [0, 0.1) is 12.8 Å². The molecule has 0 saturated carbocycles. The van der Waals surface area contributed by atoms with E-state index in [9.17, 15) is 19.2 Å². The highest BCUT2D eigenvalue weighted by molar-refractivity contribution is 5.93. The van der Waals surface area contributed by atoms with Crippen LogP contribution in [0.25, 0.3) is 0 Å². The monoisotopic (exact) mass is 488 g/mol. The van der Waals surface area contributed by atoms with Gasteiger partial charge in [0.2, 0.25) is 0 Å². The zero-order valence-corrected chi connectivity index (χ0v) is 20.2. The quantitative estimate of drug-likeness (QED) is 0.270. The van der Waals surface area contributed by atoms with Crippen LogP contribution in [0.2, 0.25) is 0 Å². The Hall–Kier alpha value is -3.40. The van der Waals surface area contributed by atoms with Gasteiger partial charge in [0.05, 0.1) is 12.7 Å². The Kier molecular flexibility index (Phi) is 6.35. The molecular formula is C25H28O10. The predicted octanol–water partition coefficient (Wildman–Crippen LogP) is 2.94. The van der Waals surface area contributed by atoms with E-state index in [0.29, 0.717) is 23.5 Å². The van der Waals surface area contributed by atoms with E-state index >= 15 is 0 Å². The van der Waals surface area contributed by atoms with Gasteiger partial charge in [-0.25, -0.2) is 9.59 Å². The molecule has 1 aromatic rings. The summed E-state index contributed by atoms with van der Waals surface area (Å²) >= 11 is 0. The number of carbonyl (C=O) groups excluding carboxylic acids is 4. The van der Waals surface area contributed by atoms with Crippen molar-refractivity contribution in [2.45, 2.75) is 70.6 Å². The molecule has 1 fully saturated rings. The highest BCUT2D eigenvalue weighted by Gasteiger charge is 2.57. The lowest BCUT2D eigenvalue weighted by atomic mass is 9.84. The number of hydrogen-bond acceptors (Lipinski definition) is 10. The molecule has 4 heterocycles. The van der Waals surface area contributed by atoms with Crippen LogP contribution in [-0.4, -0.2) is 48.8 Å². The third-order valence-corrected chi connectivity index (χ3v) is 6.52. The molecule has 1 saturated heterocycles. The standard InChI is InChI=1S/C25H28O10/c1-11-7-19-22-25(5,35-22)10-15-8-17(24(29)33-15)18(31-13(3)26)9-16(12(2)23(28)30-6)21(20(11)34-19)32-14(4)27/h7-8,15-16,18,21-22H,2,9-10H2,1,3-6H3/t15-,16-,18+,21-,22+,25+/m0/s1. The van der Waals surface area contributed by atoms with E-state index in [1.807, 2.05) is 6.92 Å². The molecule has 35 heavy (non-hydrogen) atoms. The van der Waals surface area contributed by atoms with Gasteiger partial charge in [-0.2, -0.15) is 0 Å². The number of rotatable bonds is 4. The lowest BCUT2D eigenvalue weighted by Crippen LogP contribution is -2.32.